The molecule has 0 saturated carbocycles. The summed E-state index contributed by atoms with van der Waals surface area (Å²) in [6.07, 6.45) is -0.311. The molecule has 1 heterocycles. The third-order valence-electron chi connectivity index (χ3n) is 4.41. The fourth-order valence-corrected chi connectivity index (χ4v) is 2.93. The monoisotopic (exact) mass is 369 g/mol. The third kappa shape index (κ3) is 3.81. The van der Waals surface area contributed by atoms with E-state index in [-0.39, 0.29) is 6.54 Å². The standard InChI is InChI=1S/C20H23N3O4/c1-4-16-19(13-9-10-17(25-2)18(11-13)26-3)22-23(20(24)27-16)12-14-7-5-6-8-15(14)21/h5-11,16H,4,12,21H2,1-3H3. The molecule has 7 heteroatoms. The number of carbonyl (C=O) groups excluding carboxylic acids is 1. The first-order valence-corrected chi connectivity index (χ1v) is 8.69. The molecule has 0 radical (unpaired) electrons. The van der Waals surface area contributed by atoms with Gasteiger partial charge in [0.25, 0.3) is 0 Å². The third-order valence-corrected chi connectivity index (χ3v) is 4.41. The number of para-hydroxylation sites is 1. The van der Waals surface area contributed by atoms with E-state index in [9.17, 15) is 4.79 Å². The second kappa shape index (κ2) is 7.99. The van der Waals surface area contributed by atoms with Gasteiger partial charge in [-0.15, -0.1) is 0 Å². The van der Waals surface area contributed by atoms with Crippen LogP contribution in [0.5, 0.6) is 11.5 Å². The number of nitrogens with zero attached hydrogens (tertiary/aromatic N) is 2. The number of nitrogen functional groups attached to an aromatic ring is 1. The van der Waals surface area contributed by atoms with Crippen LogP contribution in [0.2, 0.25) is 0 Å². The van der Waals surface area contributed by atoms with E-state index < -0.39 is 12.2 Å². The van der Waals surface area contributed by atoms with Crippen LogP contribution in [0.15, 0.2) is 47.6 Å². The Balaban J connectivity index is 1.98. The Labute approximate surface area is 158 Å². The van der Waals surface area contributed by atoms with Crippen LogP contribution < -0.4 is 15.2 Å². The predicted molar refractivity (Wildman–Crippen MR) is 103 cm³/mol. The van der Waals surface area contributed by atoms with Gasteiger partial charge in [-0.25, -0.2) is 4.79 Å². The lowest BCUT2D eigenvalue weighted by Gasteiger charge is -2.29. The van der Waals surface area contributed by atoms with Crippen molar-refractivity contribution in [2.45, 2.75) is 26.0 Å². The maximum atomic E-state index is 12.4. The minimum Gasteiger partial charge on any atom is -0.493 e. The zero-order chi connectivity index (χ0) is 19.4. The molecule has 2 aromatic rings. The van der Waals surface area contributed by atoms with Crippen molar-refractivity contribution in [3.63, 3.8) is 0 Å². The molecule has 2 N–H and O–H groups in total. The van der Waals surface area contributed by atoms with Gasteiger partial charge in [-0.2, -0.15) is 10.1 Å². The number of carbonyl (C=O) groups is 1. The lowest BCUT2D eigenvalue weighted by molar-refractivity contribution is 0.0713. The van der Waals surface area contributed by atoms with Crippen LogP contribution in [-0.4, -0.2) is 37.1 Å². The van der Waals surface area contributed by atoms with Gasteiger partial charge in [-0.05, 0) is 36.2 Å². The molecule has 1 unspecified atom stereocenters. The lowest BCUT2D eigenvalue weighted by atomic mass is 10.0. The van der Waals surface area contributed by atoms with Crippen molar-refractivity contribution in [2.24, 2.45) is 5.10 Å². The van der Waals surface area contributed by atoms with E-state index in [2.05, 4.69) is 5.10 Å². The van der Waals surface area contributed by atoms with Gasteiger partial charge in [0.1, 0.15) is 11.8 Å². The van der Waals surface area contributed by atoms with Crippen molar-refractivity contribution in [2.75, 3.05) is 20.0 Å². The summed E-state index contributed by atoms with van der Waals surface area (Å²) in [6, 6.07) is 12.9. The fourth-order valence-electron chi connectivity index (χ4n) is 2.93. The molecular formula is C20H23N3O4. The molecule has 2 aromatic carbocycles. The molecule has 0 fully saturated rings. The molecule has 1 atom stereocenters. The van der Waals surface area contributed by atoms with E-state index in [0.717, 1.165) is 11.1 Å². The minimum atomic E-state index is -0.491. The van der Waals surface area contributed by atoms with Crippen molar-refractivity contribution < 1.29 is 19.0 Å². The van der Waals surface area contributed by atoms with Crippen LogP contribution in [0.1, 0.15) is 24.5 Å². The number of methoxy groups -OCH3 is 2. The second-order valence-corrected chi connectivity index (χ2v) is 6.09. The summed E-state index contributed by atoms with van der Waals surface area (Å²) in [4.78, 5) is 12.4. The number of benzene rings is 2. The molecule has 142 valence electrons. The van der Waals surface area contributed by atoms with Crippen LogP contribution in [0.3, 0.4) is 0 Å². The summed E-state index contributed by atoms with van der Waals surface area (Å²) in [5.41, 5.74) is 8.87. The summed E-state index contributed by atoms with van der Waals surface area (Å²) >= 11 is 0. The highest BCUT2D eigenvalue weighted by atomic mass is 16.6. The number of amides is 1. The number of hydrogen-bond acceptors (Lipinski definition) is 6. The van der Waals surface area contributed by atoms with Crippen molar-refractivity contribution in [3.05, 3.63) is 53.6 Å². The van der Waals surface area contributed by atoms with Gasteiger partial charge in [0.05, 0.1) is 20.8 Å². The number of rotatable bonds is 6. The Bertz CT molecular complexity index is 866. The number of anilines is 1. The maximum absolute atomic E-state index is 12.4. The Hall–Kier alpha value is -3.22. The number of hydrazone groups is 1. The topological polar surface area (TPSA) is 86.4 Å². The highest BCUT2D eigenvalue weighted by Gasteiger charge is 2.31. The molecule has 1 aliphatic heterocycles. The van der Waals surface area contributed by atoms with Crippen LogP contribution in [0.4, 0.5) is 10.5 Å². The Morgan fingerprint density at radius 3 is 2.56 bits per heavy atom. The van der Waals surface area contributed by atoms with Crippen molar-refractivity contribution in [3.8, 4) is 11.5 Å². The molecule has 1 aliphatic rings. The molecule has 0 saturated heterocycles. The van der Waals surface area contributed by atoms with Crippen LogP contribution in [0, 0.1) is 0 Å². The quantitative estimate of drug-likeness (QED) is 0.789. The van der Waals surface area contributed by atoms with Gasteiger partial charge in [-0.1, -0.05) is 25.1 Å². The average Bonchev–Trinajstić information content (AvgIpc) is 2.70. The Morgan fingerprint density at radius 1 is 1.15 bits per heavy atom. The predicted octanol–water partition coefficient (Wildman–Crippen LogP) is 3.42. The van der Waals surface area contributed by atoms with Gasteiger partial charge in [0.2, 0.25) is 0 Å². The molecule has 7 nitrogen and oxygen atoms in total. The van der Waals surface area contributed by atoms with E-state index in [1.807, 2.05) is 37.3 Å². The SMILES string of the molecule is CCC1OC(=O)N(Cc2ccccc2N)N=C1c1ccc(OC)c(OC)c1. The highest BCUT2D eigenvalue weighted by Crippen LogP contribution is 2.30. The van der Waals surface area contributed by atoms with Crippen LogP contribution >= 0.6 is 0 Å². The Kier molecular flexibility index (Phi) is 5.49. The smallest absolute Gasteiger partial charge is 0.431 e. The first-order valence-electron chi connectivity index (χ1n) is 8.69. The van der Waals surface area contributed by atoms with Gasteiger partial charge < -0.3 is 19.9 Å². The molecule has 0 spiro atoms. The summed E-state index contributed by atoms with van der Waals surface area (Å²) in [5, 5.41) is 5.87. The first-order chi connectivity index (χ1) is 13.1. The molecule has 27 heavy (non-hydrogen) atoms. The number of nitrogens with two attached hydrogens (primary N) is 1. The summed E-state index contributed by atoms with van der Waals surface area (Å²) in [6.45, 7) is 2.18. The van der Waals surface area contributed by atoms with Gasteiger partial charge in [-0.3, -0.25) is 0 Å². The van der Waals surface area contributed by atoms with Gasteiger partial charge >= 0.3 is 6.09 Å². The van der Waals surface area contributed by atoms with E-state index >= 15 is 0 Å². The summed E-state index contributed by atoms with van der Waals surface area (Å²) in [5.74, 6) is 1.21. The van der Waals surface area contributed by atoms with Crippen molar-refractivity contribution in [1.82, 2.24) is 5.01 Å². The average molecular weight is 369 g/mol. The summed E-state index contributed by atoms with van der Waals surface area (Å²) in [7, 11) is 3.16. The fraction of sp³-hybridized carbons (Fsp3) is 0.300. The Morgan fingerprint density at radius 2 is 1.89 bits per heavy atom. The molecule has 0 bridgehead atoms. The second-order valence-electron chi connectivity index (χ2n) is 6.09. The zero-order valence-corrected chi connectivity index (χ0v) is 15.6. The lowest BCUT2D eigenvalue weighted by Crippen LogP contribution is -2.41. The molecule has 0 aromatic heterocycles. The van der Waals surface area contributed by atoms with Crippen molar-refractivity contribution in [1.29, 1.82) is 0 Å². The normalized spacial score (nSPS) is 16.6. The van der Waals surface area contributed by atoms with E-state index in [1.165, 1.54) is 5.01 Å². The molecule has 1 amide bonds. The maximum Gasteiger partial charge on any atom is 0.431 e. The molecule has 3 rings (SSSR count). The first kappa shape index (κ1) is 18.6. The van der Waals surface area contributed by atoms with E-state index in [4.69, 9.17) is 19.9 Å². The van der Waals surface area contributed by atoms with Crippen LogP contribution in [0.25, 0.3) is 0 Å². The van der Waals surface area contributed by atoms with Gasteiger partial charge in [0, 0.05) is 11.3 Å². The van der Waals surface area contributed by atoms with Crippen molar-refractivity contribution >= 4 is 17.5 Å². The van der Waals surface area contributed by atoms with E-state index in [0.29, 0.717) is 29.3 Å². The molecular weight excluding hydrogens is 346 g/mol. The van der Waals surface area contributed by atoms with E-state index in [1.54, 1.807) is 26.4 Å². The number of cyclic esters (lactones) is 1. The highest BCUT2D eigenvalue weighted by molar-refractivity contribution is 6.06. The minimum absolute atomic E-state index is 0.235. The number of hydrogen-bond donors (Lipinski definition) is 1. The molecule has 0 aliphatic carbocycles. The summed E-state index contributed by atoms with van der Waals surface area (Å²) < 4.78 is 16.3. The number of ether oxygens (including phenoxy) is 3. The zero-order valence-electron chi connectivity index (χ0n) is 15.6. The van der Waals surface area contributed by atoms with Gasteiger partial charge in [0.15, 0.2) is 11.5 Å². The van der Waals surface area contributed by atoms with Crippen LogP contribution in [-0.2, 0) is 11.3 Å². The largest absolute Gasteiger partial charge is 0.493 e.